The number of phenols is 1. The monoisotopic (exact) mass is 485 g/mol. The van der Waals surface area contributed by atoms with Crippen molar-refractivity contribution in [2.75, 3.05) is 31.1 Å². The Hall–Kier alpha value is -4.02. The zero-order valence-electron chi connectivity index (χ0n) is 19.1. The van der Waals surface area contributed by atoms with E-state index in [-0.39, 0.29) is 36.3 Å². The van der Waals surface area contributed by atoms with Crippen molar-refractivity contribution in [2.24, 2.45) is 4.99 Å². The van der Waals surface area contributed by atoms with E-state index in [4.69, 9.17) is 4.74 Å². The number of aliphatic imine (C=N–C) groups is 1. The van der Waals surface area contributed by atoms with Crippen LogP contribution in [0.1, 0.15) is 29.9 Å². The molecule has 0 spiro atoms. The summed E-state index contributed by atoms with van der Waals surface area (Å²) >= 11 is 0. The third-order valence-corrected chi connectivity index (χ3v) is 5.97. The highest BCUT2D eigenvalue weighted by Gasteiger charge is 2.41. The van der Waals surface area contributed by atoms with Crippen molar-refractivity contribution in [1.29, 1.82) is 0 Å². The SMILES string of the molecule is CCOc1c(Cn2c(-c3ccc(F)c(O)c3)nc3c2N2CCN=C2N(CC)C3=O)ccc(F)c1F. The second kappa shape index (κ2) is 8.64. The number of nitrogens with zero attached hydrogens (tertiary/aromatic N) is 5. The molecule has 0 radical (unpaired) electrons. The number of aromatic nitrogens is 2. The number of guanidine groups is 1. The number of ether oxygens (including phenoxy) is 1. The number of imidazole rings is 1. The number of carbonyl (C=O) groups is 1. The molecule has 0 unspecified atom stereocenters. The number of halogens is 3. The van der Waals surface area contributed by atoms with Gasteiger partial charge in [-0.05, 0) is 38.1 Å². The largest absolute Gasteiger partial charge is 0.505 e. The summed E-state index contributed by atoms with van der Waals surface area (Å²) < 4.78 is 49.4. The molecular weight excluding hydrogens is 463 g/mol. The number of aromatic hydroxyl groups is 1. The number of anilines is 1. The molecule has 2 aliphatic heterocycles. The molecule has 0 fully saturated rings. The van der Waals surface area contributed by atoms with Gasteiger partial charge in [-0.3, -0.25) is 19.6 Å². The lowest BCUT2D eigenvalue weighted by Crippen LogP contribution is -2.50. The molecule has 1 N–H and O–H groups in total. The molecule has 11 heteroatoms. The number of carbonyl (C=O) groups excluding carboxylic acids is 1. The van der Waals surface area contributed by atoms with E-state index in [9.17, 15) is 23.1 Å². The van der Waals surface area contributed by atoms with Gasteiger partial charge in [0.15, 0.2) is 28.8 Å². The van der Waals surface area contributed by atoms with Crippen molar-refractivity contribution in [2.45, 2.75) is 20.4 Å². The predicted molar refractivity (Wildman–Crippen MR) is 122 cm³/mol. The van der Waals surface area contributed by atoms with Gasteiger partial charge in [0, 0.05) is 24.2 Å². The van der Waals surface area contributed by atoms with Gasteiger partial charge in [0.25, 0.3) is 5.91 Å². The standard InChI is InChI=1S/C24H22F3N5O3/c1-3-30-23(34)19-22(31-10-9-28-24(30)31)32(21(29-19)13-5-7-15(25)17(33)11-13)12-14-6-8-16(26)18(27)20(14)35-4-2/h5-8,11,33H,3-4,9-10,12H2,1-2H3. The van der Waals surface area contributed by atoms with Gasteiger partial charge >= 0.3 is 0 Å². The van der Waals surface area contributed by atoms with Crippen LogP contribution in [0.25, 0.3) is 11.4 Å². The van der Waals surface area contributed by atoms with E-state index in [0.29, 0.717) is 42.5 Å². The highest BCUT2D eigenvalue weighted by atomic mass is 19.2. The lowest BCUT2D eigenvalue weighted by Gasteiger charge is -2.33. The van der Waals surface area contributed by atoms with Gasteiger partial charge in [-0.25, -0.2) is 13.8 Å². The van der Waals surface area contributed by atoms with Crippen molar-refractivity contribution in [3.8, 4) is 22.9 Å². The molecule has 182 valence electrons. The third kappa shape index (κ3) is 3.58. The summed E-state index contributed by atoms with van der Waals surface area (Å²) in [6.07, 6.45) is 0. The van der Waals surface area contributed by atoms with E-state index in [1.54, 1.807) is 11.5 Å². The van der Waals surface area contributed by atoms with Crippen LogP contribution < -0.4 is 9.64 Å². The molecule has 5 rings (SSSR count). The fourth-order valence-electron chi connectivity index (χ4n) is 4.42. The minimum Gasteiger partial charge on any atom is -0.505 e. The molecule has 2 aliphatic rings. The molecular formula is C24H22F3N5O3. The number of benzene rings is 2. The maximum Gasteiger partial charge on any atom is 0.283 e. The van der Waals surface area contributed by atoms with Crippen molar-refractivity contribution >= 4 is 17.7 Å². The second-order valence-electron chi connectivity index (χ2n) is 8.03. The molecule has 1 amide bonds. The van der Waals surface area contributed by atoms with E-state index in [0.717, 1.165) is 12.1 Å². The zero-order chi connectivity index (χ0) is 24.9. The van der Waals surface area contributed by atoms with Gasteiger partial charge in [-0.1, -0.05) is 6.07 Å². The molecule has 0 atom stereocenters. The average Bonchev–Trinajstić information content (AvgIpc) is 3.46. The number of fused-ring (bicyclic) bond motifs is 3. The van der Waals surface area contributed by atoms with Crippen LogP contribution >= 0.6 is 0 Å². The summed E-state index contributed by atoms with van der Waals surface area (Å²) in [4.78, 5) is 25.7. The smallest absolute Gasteiger partial charge is 0.283 e. The van der Waals surface area contributed by atoms with E-state index < -0.39 is 23.2 Å². The molecule has 8 nitrogen and oxygen atoms in total. The van der Waals surface area contributed by atoms with E-state index in [1.165, 1.54) is 23.1 Å². The normalized spacial score (nSPS) is 14.8. The number of phenolic OH excluding ortho intramolecular Hbond substituents is 1. The lowest BCUT2D eigenvalue weighted by atomic mass is 10.1. The van der Waals surface area contributed by atoms with Crippen LogP contribution in [-0.4, -0.2) is 57.7 Å². The Kier molecular flexibility index (Phi) is 5.62. The molecule has 2 aromatic carbocycles. The Bertz CT molecular complexity index is 1370. The maximum absolute atomic E-state index is 14.6. The Morgan fingerprint density at radius 3 is 2.60 bits per heavy atom. The Labute approximate surface area is 198 Å². The van der Waals surface area contributed by atoms with Gasteiger partial charge in [0.2, 0.25) is 11.8 Å². The van der Waals surface area contributed by atoms with Crippen molar-refractivity contribution in [1.82, 2.24) is 14.5 Å². The first-order valence-electron chi connectivity index (χ1n) is 11.2. The van der Waals surface area contributed by atoms with Crippen LogP contribution in [0.2, 0.25) is 0 Å². The van der Waals surface area contributed by atoms with Crippen LogP contribution in [-0.2, 0) is 6.54 Å². The fraction of sp³-hybridized carbons (Fsp3) is 0.292. The van der Waals surface area contributed by atoms with Gasteiger partial charge in [-0.2, -0.15) is 4.39 Å². The summed E-state index contributed by atoms with van der Waals surface area (Å²) in [5.41, 5.74) is 0.807. The molecule has 0 aliphatic carbocycles. The van der Waals surface area contributed by atoms with E-state index >= 15 is 0 Å². The van der Waals surface area contributed by atoms with Crippen molar-refractivity contribution in [3.63, 3.8) is 0 Å². The summed E-state index contributed by atoms with van der Waals surface area (Å²) in [6, 6.07) is 6.13. The first-order chi connectivity index (χ1) is 16.8. The Morgan fingerprint density at radius 2 is 1.89 bits per heavy atom. The van der Waals surface area contributed by atoms with Crippen LogP contribution in [0.15, 0.2) is 35.3 Å². The molecule has 1 aromatic heterocycles. The Balaban J connectivity index is 1.74. The number of rotatable bonds is 6. The summed E-state index contributed by atoms with van der Waals surface area (Å²) in [5.74, 6) is -2.99. The minimum absolute atomic E-state index is 0.0362. The van der Waals surface area contributed by atoms with Crippen molar-refractivity contribution < 1.29 is 27.8 Å². The molecule has 35 heavy (non-hydrogen) atoms. The second-order valence-corrected chi connectivity index (χ2v) is 8.03. The van der Waals surface area contributed by atoms with E-state index in [1.807, 2.05) is 11.8 Å². The van der Waals surface area contributed by atoms with E-state index in [2.05, 4.69) is 9.98 Å². The maximum atomic E-state index is 14.6. The first kappa shape index (κ1) is 22.8. The van der Waals surface area contributed by atoms with Crippen LogP contribution in [0.4, 0.5) is 19.0 Å². The number of hydrogen-bond acceptors (Lipinski definition) is 6. The quantitative estimate of drug-likeness (QED) is 0.575. The van der Waals surface area contributed by atoms with Crippen molar-refractivity contribution in [3.05, 3.63) is 59.0 Å². The topological polar surface area (TPSA) is 83.2 Å². The summed E-state index contributed by atoms with van der Waals surface area (Å²) in [7, 11) is 0. The van der Waals surface area contributed by atoms with Gasteiger partial charge in [-0.15, -0.1) is 0 Å². The predicted octanol–water partition coefficient (Wildman–Crippen LogP) is 3.77. The van der Waals surface area contributed by atoms with Gasteiger partial charge in [0.1, 0.15) is 11.6 Å². The molecule has 0 bridgehead atoms. The lowest BCUT2D eigenvalue weighted by molar-refractivity contribution is 0.0841. The minimum atomic E-state index is -1.11. The average molecular weight is 485 g/mol. The van der Waals surface area contributed by atoms with Crippen LogP contribution in [0.3, 0.4) is 0 Å². The fourth-order valence-corrected chi connectivity index (χ4v) is 4.42. The zero-order valence-corrected chi connectivity index (χ0v) is 19.1. The highest BCUT2D eigenvalue weighted by molar-refractivity contribution is 6.18. The third-order valence-electron chi connectivity index (χ3n) is 5.97. The van der Waals surface area contributed by atoms with Gasteiger partial charge in [0.05, 0.1) is 19.7 Å². The number of hydrogen-bond donors (Lipinski definition) is 1. The van der Waals surface area contributed by atoms with Crippen LogP contribution in [0.5, 0.6) is 11.5 Å². The Morgan fingerprint density at radius 1 is 1.11 bits per heavy atom. The molecule has 3 heterocycles. The highest BCUT2D eigenvalue weighted by Crippen LogP contribution is 2.38. The molecule has 0 saturated heterocycles. The molecule has 0 saturated carbocycles. The molecule has 3 aromatic rings. The van der Waals surface area contributed by atoms with Gasteiger partial charge < -0.3 is 14.4 Å². The summed E-state index contributed by atoms with van der Waals surface area (Å²) in [5, 5.41) is 9.98. The first-order valence-corrected chi connectivity index (χ1v) is 11.2. The van der Waals surface area contributed by atoms with Crippen LogP contribution in [0, 0.1) is 17.5 Å². The number of amides is 1. The summed E-state index contributed by atoms with van der Waals surface area (Å²) in [6.45, 7) is 4.89.